The normalized spacial score (nSPS) is 11.0. The van der Waals surface area contributed by atoms with Crippen molar-refractivity contribution in [1.82, 2.24) is 0 Å². The predicted octanol–water partition coefficient (Wildman–Crippen LogP) is 2.27. The molecule has 20 heavy (non-hydrogen) atoms. The van der Waals surface area contributed by atoms with Gasteiger partial charge in [-0.05, 0) is 6.07 Å². The molecule has 0 radical (unpaired) electrons. The third-order valence-corrected chi connectivity index (χ3v) is 2.93. The summed E-state index contributed by atoms with van der Waals surface area (Å²) in [6.07, 6.45) is 0. The van der Waals surface area contributed by atoms with Gasteiger partial charge in [0.15, 0.2) is 0 Å². The van der Waals surface area contributed by atoms with E-state index in [1.165, 1.54) is 18.2 Å². The van der Waals surface area contributed by atoms with E-state index in [-0.39, 0.29) is 33.4 Å². The number of hydrogen-bond acceptors (Lipinski definition) is 6. The molecule has 0 amide bonds. The average Bonchev–Trinajstić information content (AvgIpc) is 2.37. The first-order chi connectivity index (χ1) is 9.47. The maximum atomic E-state index is 12.3. The van der Waals surface area contributed by atoms with Crippen LogP contribution in [0.2, 0.25) is 0 Å². The molecular weight excluding hydrogens is 266 g/mol. The minimum absolute atomic E-state index is 0.00677. The highest BCUT2D eigenvalue weighted by Gasteiger charge is 2.15. The third-order valence-electron chi connectivity index (χ3n) is 2.93. The maximum absolute atomic E-state index is 12.3. The Bertz CT molecular complexity index is 927. The van der Waals surface area contributed by atoms with E-state index in [0.717, 1.165) is 12.1 Å². The van der Waals surface area contributed by atoms with Crippen LogP contribution in [0.15, 0.2) is 39.5 Å². The zero-order valence-electron chi connectivity index (χ0n) is 9.86. The fourth-order valence-electron chi connectivity index (χ4n) is 2.05. The van der Waals surface area contributed by atoms with Crippen LogP contribution in [-0.2, 0) is 0 Å². The fraction of sp³-hybridized carbons (Fsp3) is 0. The lowest BCUT2D eigenvalue weighted by Gasteiger charge is -2.03. The van der Waals surface area contributed by atoms with Crippen LogP contribution in [0, 0.1) is 10.1 Å². The Morgan fingerprint density at radius 2 is 1.85 bits per heavy atom. The molecular formula is C13H7NO6. The second kappa shape index (κ2) is 3.95. The van der Waals surface area contributed by atoms with Gasteiger partial charge in [0, 0.05) is 24.3 Å². The number of fused-ring (bicyclic) bond motifs is 2. The molecule has 0 fully saturated rings. The number of nitro benzene ring substituents is 1. The van der Waals surface area contributed by atoms with Gasteiger partial charge in [0.1, 0.15) is 28.1 Å². The van der Waals surface area contributed by atoms with Gasteiger partial charge in [-0.25, -0.2) is 0 Å². The van der Waals surface area contributed by atoms with Gasteiger partial charge in [0.2, 0.25) is 5.43 Å². The second-order valence-corrected chi connectivity index (χ2v) is 4.21. The van der Waals surface area contributed by atoms with Crippen molar-refractivity contribution in [3.05, 3.63) is 50.7 Å². The predicted molar refractivity (Wildman–Crippen MR) is 70.0 cm³/mol. The number of benzene rings is 2. The summed E-state index contributed by atoms with van der Waals surface area (Å²) in [6, 6.07) is 5.79. The second-order valence-electron chi connectivity index (χ2n) is 4.21. The monoisotopic (exact) mass is 273 g/mol. The Morgan fingerprint density at radius 1 is 1.10 bits per heavy atom. The molecule has 0 bridgehead atoms. The van der Waals surface area contributed by atoms with E-state index in [0.29, 0.717) is 0 Å². The van der Waals surface area contributed by atoms with E-state index >= 15 is 0 Å². The molecule has 3 rings (SSSR count). The van der Waals surface area contributed by atoms with Crippen LogP contribution >= 0.6 is 0 Å². The van der Waals surface area contributed by atoms with Gasteiger partial charge in [-0.2, -0.15) is 0 Å². The van der Waals surface area contributed by atoms with Gasteiger partial charge >= 0.3 is 0 Å². The molecule has 0 aliphatic heterocycles. The van der Waals surface area contributed by atoms with Crippen molar-refractivity contribution in [3.63, 3.8) is 0 Å². The first-order valence-corrected chi connectivity index (χ1v) is 5.54. The van der Waals surface area contributed by atoms with Gasteiger partial charge in [-0.3, -0.25) is 14.9 Å². The molecule has 0 aliphatic rings. The van der Waals surface area contributed by atoms with Crippen LogP contribution in [0.3, 0.4) is 0 Å². The zero-order valence-corrected chi connectivity index (χ0v) is 9.86. The third kappa shape index (κ3) is 1.64. The van der Waals surface area contributed by atoms with Crippen molar-refractivity contribution < 1.29 is 19.6 Å². The average molecular weight is 273 g/mol. The summed E-state index contributed by atoms with van der Waals surface area (Å²) in [6.45, 7) is 0. The van der Waals surface area contributed by atoms with E-state index in [2.05, 4.69) is 0 Å². The zero-order chi connectivity index (χ0) is 14.4. The van der Waals surface area contributed by atoms with Gasteiger partial charge in [-0.1, -0.05) is 0 Å². The summed E-state index contributed by atoms with van der Waals surface area (Å²) in [5.41, 5.74) is -0.697. The van der Waals surface area contributed by atoms with Crippen LogP contribution in [0.4, 0.5) is 5.69 Å². The topological polar surface area (TPSA) is 114 Å². The number of phenols is 2. The smallest absolute Gasteiger partial charge is 0.270 e. The number of nitro groups is 1. The number of hydrogen-bond donors (Lipinski definition) is 2. The Labute approximate surface area is 110 Å². The van der Waals surface area contributed by atoms with Crippen molar-refractivity contribution in [2.75, 3.05) is 0 Å². The quantitative estimate of drug-likeness (QED) is 0.399. The summed E-state index contributed by atoms with van der Waals surface area (Å²) in [7, 11) is 0. The van der Waals surface area contributed by atoms with Crippen LogP contribution < -0.4 is 5.43 Å². The van der Waals surface area contributed by atoms with Crippen molar-refractivity contribution in [2.24, 2.45) is 0 Å². The van der Waals surface area contributed by atoms with E-state index in [4.69, 9.17) is 4.42 Å². The summed E-state index contributed by atoms with van der Waals surface area (Å²) >= 11 is 0. The van der Waals surface area contributed by atoms with E-state index in [9.17, 15) is 25.1 Å². The van der Waals surface area contributed by atoms with Crippen molar-refractivity contribution in [1.29, 1.82) is 0 Å². The minimum atomic E-state index is -0.625. The standard InChI is InChI=1S/C13H7NO6/c15-7-4-9(16)12-11(5-7)20-10-2-1-6(14(18)19)3-8(10)13(12)17/h1-5,15-16H. The first kappa shape index (κ1) is 12.0. The molecule has 100 valence electrons. The Morgan fingerprint density at radius 3 is 2.55 bits per heavy atom. The van der Waals surface area contributed by atoms with Gasteiger partial charge in [0.25, 0.3) is 5.69 Å². The number of phenolic OH excluding ortho intramolecular Hbond substituents is 2. The summed E-state index contributed by atoms with van der Waals surface area (Å²) in [5.74, 6) is -0.693. The highest BCUT2D eigenvalue weighted by Crippen LogP contribution is 2.30. The molecule has 3 aromatic rings. The summed E-state index contributed by atoms with van der Waals surface area (Å²) < 4.78 is 5.38. The Hall–Kier alpha value is -3.09. The van der Waals surface area contributed by atoms with Crippen molar-refractivity contribution >= 4 is 27.6 Å². The summed E-state index contributed by atoms with van der Waals surface area (Å²) in [5, 5.41) is 29.7. The van der Waals surface area contributed by atoms with Gasteiger partial charge in [0.05, 0.1) is 10.3 Å². The lowest BCUT2D eigenvalue weighted by Crippen LogP contribution is -2.03. The molecule has 0 atom stereocenters. The first-order valence-electron chi connectivity index (χ1n) is 5.54. The molecule has 2 N–H and O–H groups in total. The molecule has 0 aliphatic carbocycles. The number of aromatic hydroxyl groups is 2. The lowest BCUT2D eigenvalue weighted by molar-refractivity contribution is -0.384. The van der Waals surface area contributed by atoms with Crippen molar-refractivity contribution in [3.8, 4) is 11.5 Å². The molecule has 1 aromatic heterocycles. The van der Waals surface area contributed by atoms with Crippen molar-refractivity contribution in [2.45, 2.75) is 0 Å². The lowest BCUT2D eigenvalue weighted by atomic mass is 10.1. The molecule has 0 unspecified atom stereocenters. The van der Waals surface area contributed by atoms with E-state index in [1.807, 2.05) is 0 Å². The SMILES string of the molecule is O=c1c2cc([N+](=O)[O-])ccc2oc2cc(O)cc(O)c12. The molecule has 0 saturated heterocycles. The van der Waals surface area contributed by atoms with E-state index in [1.54, 1.807) is 0 Å². The molecule has 7 nitrogen and oxygen atoms in total. The van der Waals surface area contributed by atoms with Crippen LogP contribution in [0.5, 0.6) is 11.5 Å². The number of nitrogens with zero attached hydrogens (tertiary/aromatic N) is 1. The molecule has 1 heterocycles. The van der Waals surface area contributed by atoms with Crippen LogP contribution in [0.25, 0.3) is 21.9 Å². The highest BCUT2D eigenvalue weighted by molar-refractivity contribution is 5.94. The van der Waals surface area contributed by atoms with E-state index < -0.39 is 16.1 Å². The number of non-ortho nitro benzene ring substituents is 1. The minimum Gasteiger partial charge on any atom is -0.508 e. The van der Waals surface area contributed by atoms with Crippen LogP contribution in [0.1, 0.15) is 0 Å². The molecule has 2 aromatic carbocycles. The largest absolute Gasteiger partial charge is 0.508 e. The van der Waals surface area contributed by atoms with Gasteiger partial charge in [-0.15, -0.1) is 0 Å². The maximum Gasteiger partial charge on any atom is 0.270 e. The molecule has 7 heteroatoms. The summed E-state index contributed by atoms with van der Waals surface area (Å²) in [4.78, 5) is 22.4. The molecule has 0 spiro atoms. The fourth-order valence-corrected chi connectivity index (χ4v) is 2.05. The van der Waals surface area contributed by atoms with Crippen LogP contribution in [-0.4, -0.2) is 15.1 Å². The molecule has 0 saturated carbocycles. The highest BCUT2D eigenvalue weighted by atomic mass is 16.6. The Balaban J connectivity index is 2.51. The van der Waals surface area contributed by atoms with Gasteiger partial charge < -0.3 is 14.6 Å². The Kier molecular flexibility index (Phi) is 2.37. The number of rotatable bonds is 1.